The van der Waals surface area contributed by atoms with E-state index in [1.807, 2.05) is 12.1 Å². The van der Waals surface area contributed by atoms with Gasteiger partial charge in [-0.1, -0.05) is 63.6 Å². The summed E-state index contributed by atoms with van der Waals surface area (Å²) < 4.78 is 0. The Labute approximate surface area is 350 Å². The molecule has 5 atom stereocenters. The number of nitrogens with zero attached hydrogens (tertiary/aromatic N) is 1. The first-order valence-corrected chi connectivity index (χ1v) is 21.5. The van der Waals surface area contributed by atoms with E-state index in [2.05, 4.69) is 47.1 Å². The van der Waals surface area contributed by atoms with Crippen LogP contribution in [0.3, 0.4) is 0 Å². The zero-order valence-electron chi connectivity index (χ0n) is 35.3. The summed E-state index contributed by atoms with van der Waals surface area (Å²) in [7, 11) is -1.67. The number of ketones is 2. The number of aryl methyl sites for hydroxylation is 1. The molecular weight excluding hydrogens is 751 g/mol. The van der Waals surface area contributed by atoms with E-state index < -0.39 is 54.7 Å². The predicted octanol–water partition coefficient (Wildman–Crippen LogP) is 3.45. The number of nitrogens with two attached hydrogens (primary N) is 2. The molecular formula is C44H67BN6O8. The highest BCUT2D eigenvalue weighted by Gasteiger charge is 2.39. The molecule has 0 aliphatic carbocycles. The van der Waals surface area contributed by atoms with E-state index in [1.54, 1.807) is 19.1 Å². The third-order valence-electron chi connectivity index (χ3n) is 11.1. The minimum Gasteiger partial charge on any atom is -0.427 e. The van der Waals surface area contributed by atoms with E-state index >= 15 is 0 Å². The maximum Gasteiger partial charge on any atom is 0.454 e. The average molecular weight is 819 g/mol. The molecule has 1 fully saturated rings. The minimum atomic E-state index is -1.67. The number of benzene rings is 2. The van der Waals surface area contributed by atoms with Gasteiger partial charge in [-0.2, -0.15) is 0 Å². The maximum atomic E-state index is 13.9. The maximum absolute atomic E-state index is 13.9. The second-order valence-corrected chi connectivity index (χ2v) is 15.8. The Bertz CT molecular complexity index is 1660. The number of Topliss-reactive ketones (excluding diaryl/α,β-unsaturated/α-hetero) is 2. The van der Waals surface area contributed by atoms with Gasteiger partial charge in [-0.15, -0.1) is 0 Å². The number of nitrogens with one attached hydrogen (secondary N) is 3. The summed E-state index contributed by atoms with van der Waals surface area (Å²) in [6.45, 7) is 6.57. The van der Waals surface area contributed by atoms with Crippen LogP contribution in [-0.4, -0.2) is 102 Å². The molecule has 1 heterocycles. The van der Waals surface area contributed by atoms with Crippen LogP contribution >= 0.6 is 0 Å². The summed E-state index contributed by atoms with van der Waals surface area (Å²) in [5.41, 5.74) is 15.2. The lowest BCUT2D eigenvalue weighted by atomic mass is 9.71. The van der Waals surface area contributed by atoms with E-state index in [-0.39, 0.29) is 49.7 Å². The van der Waals surface area contributed by atoms with Crippen LogP contribution < -0.4 is 27.4 Å². The second-order valence-electron chi connectivity index (χ2n) is 15.8. The van der Waals surface area contributed by atoms with Crippen LogP contribution in [0.25, 0.3) is 11.1 Å². The lowest BCUT2D eigenvalue weighted by Crippen LogP contribution is -2.52. The fraction of sp³-hybridized carbons (Fsp3) is 0.591. The smallest absolute Gasteiger partial charge is 0.427 e. The highest BCUT2D eigenvalue weighted by Crippen LogP contribution is 2.25. The number of carbonyl (C=O) groups excluding carboxylic acids is 6. The highest BCUT2D eigenvalue weighted by atomic mass is 16.4. The lowest BCUT2D eigenvalue weighted by Gasteiger charge is -2.29. The molecule has 1 aliphatic rings. The van der Waals surface area contributed by atoms with Crippen LogP contribution in [-0.2, 0) is 30.4 Å². The van der Waals surface area contributed by atoms with Crippen molar-refractivity contribution in [3.63, 3.8) is 0 Å². The van der Waals surface area contributed by atoms with Gasteiger partial charge in [-0.05, 0) is 112 Å². The van der Waals surface area contributed by atoms with Crippen molar-refractivity contribution in [2.24, 2.45) is 17.4 Å². The van der Waals surface area contributed by atoms with E-state index in [0.29, 0.717) is 70.1 Å². The molecule has 1 saturated heterocycles. The van der Waals surface area contributed by atoms with Crippen molar-refractivity contribution in [3.05, 3.63) is 59.7 Å². The van der Waals surface area contributed by atoms with Gasteiger partial charge in [-0.25, -0.2) is 0 Å². The number of amides is 4. The van der Waals surface area contributed by atoms with Crippen molar-refractivity contribution in [3.8, 4) is 11.1 Å². The zero-order valence-corrected chi connectivity index (χ0v) is 35.3. The van der Waals surface area contributed by atoms with E-state index in [9.17, 15) is 38.8 Å². The Morgan fingerprint density at radius 1 is 0.831 bits per heavy atom. The molecule has 14 nitrogen and oxygen atoms in total. The van der Waals surface area contributed by atoms with Gasteiger partial charge in [0.25, 0.3) is 5.91 Å². The molecule has 3 rings (SSSR count). The van der Waals surface area contributed by atoms with Crippen molar-refractivity contribution >= 4 is 42.3 Å². The highest BCUT2D eigenvalue weighted by molar-refractivity contribution is 6.43. The van der Waals surface area contributed by atoms with Crippen LogP contribution in [0.5, 0.6) is 0 Å². The van der Waals surface area contributed by atoms with Crippen LogP contribution in [0.2, 0.25) is 5.82 Å². The van der Waals surface area contributed by atoms with Gasteiger partial charge in [0.05, 0.1) is 12.1 Å². The first-order valence-electron chi connectivity index (χ1n) is 21.5. The Morgan fingerprint density at radius 2 is 1.47 bits per heavy atom. The zero-order chi connectivity index (χ0) is 43.3. The van der Waals surface area contributed by atoms with Gasteiger partial charge in [0.1, 0.15) is 6.04 Å². The molecule has 2 aromatic carbocycles. The number of unbranched alkanes of at least 4 members (excludes halogenated alkanes) is 2. The van der Waals surface area contributed by atoms with Crippen molar-refractivity contribution < 1.29 is 38.8 Å². The summed E-state index contributed by atoms with van der Waals surface area (Å²) in [6, 6.07) is 13.2. The summed E-state index contributed by atoms with van der Waals surface area (Å²) in [6.07, 6.45) is 6.60. The van der Waals surface area contributed by atoms with E-state index in [0.717, 1.165) is 30.4 Å². The summed E-state index contributed by atoms with van der Waals surface area (Å²) >= 11 is 0. The molecule has 0 saturated carbocycles. The van der Waals surface area contributed by atoms with Crippen LogP contribution in [0, 0.1) is 5.92 Å². The molecule has 1 aliphatic heterocycles. The predicted molar refractivity (Wildman–Crippen MR) is 230 cm³/mol. The van der Waals surface area contributed by atoms with Crippen LogP contribution in [0.4, 0.5) is 0 Å². The van der Waals surface area contributed by atoms with Gasteiger partial charge >= 0.3 is 7.12 Å². The van der Waals surface area contributed by atoms with Crippen molar-refractivity contribution in [2.75, 3.05) is 26.2 Å². The quantitative estimate of drug-likeness (QED) is 0.0513. The SMILES string of the molecule is CCCCc1ccc(-c2ccc(C(=O)NCCC(=O)N[C@@H](CCCN)C(=O)N3CCC[C@H]3C(=O)C[C@@H](CC)C(=O)N[C@@H](CCCCN)C(=O)C[C@@H](C)B(O)O)cc2)cc1. The van der Waals surface area contributed by atoms with E-state index in [4.69, 9.17) is 11.5 Å². The minimum absolute atomic E-state index is 0.0522. The Morgan fingerprint density at radius 3 is 2.08 bits per heavy atom. The van der Waals surface area contributed by atoms with Crippen LogP contribution in [0.1, 0.15) is 120 Å². The molecule has 0 unspecified atom stereocenters. The fourth-order valence-corrected chi connectivity index (χ4v) is 7.32. The number of rotatable bonds is 27. The van der Waals surface area contributed by atoms with Gasteiger partial charge < -0.3 is 42.4 Å². The molecule has 15 heteroatoms. The number of hydrogen-bond acceptors (Lipinski definition) is 10. The average Bonchev–Trinajstić information content (AvgIpc) is 3.73. The molecule has 59 heavy (non-hydrogen) atoms. The molecule has 0 aromatic heterocycles. The van der Waals surface area contributed by atoms with Gasteiger partial charge in [0.15, 0.2) is 11.6 Å². The van der Waals surface area contributed by atoms with Crippen molar-refractivity contribution in [2.45, 2.75) is 135 Å². The van der Waals surface area contributed by atoms with Crippen LogP contribution in [0.15, 0.2) is 48.5 Å². The molecule has 2 aromatic rings. The Hall–Kier alpha value is -4.44. The summed E-state index contributed by atoms with van der Waals surface area (Å²) in [4.78, 5) is 81.6. The third kappa shape index (κ3) is 15.9. The number of likely N-dealkylation sites (tertiary alicyclic amines) is 1. The first-order chi connectivity index (χ1) is 28.3. The lowest BCUT2D eigenvalue weighted by molar-refractivity contribution is -0.142. The normalized spacial score (nSPS) is 15.8. The summed E-state index contributed by atoms with van der Waals surface area (Å²) in [5, 5.41) is 27.4. The Kier molecular flexibility index (Phi) is 21.5. The fourth-order valence-electron chi connectivity index (χ4n) is 7.32. The number of hydrogen-bond donors (Lipinski definition) is 7. The molecule has 4 amide bonds. The van der Waals surface area contributed by atoms with Gasteiger partial charge in [0, 0.05) is 43.8 Å². The second kappa shape index (κ2) is 25.9. The number of carbonyl (C=O) groups is 6. The van der Waals surface area contributed by atoms with Gasteiger partial charge in [0.2, 0.25) is 17.7 Å². The largest absolute Gasteiger partial charge is 0.454 e. The molecule has 0 spiro atoms. The molecule has 9 N–H and O–H groups in total. The first kappa shape index (κ1) is 48.9. The molecule has 0 radical (unpaired) electrons. The van der Waals surface area contributed by atoms with Crippen molar-refractivity contribution in [1.82, 2.24) is 20.9 Å². The van der Waals surface area contributed by atoms with Gasteiger partial charge in [-0.3, -0.25) is 28.8 Å². The monoisotopic (exact) mass is 819 g/mol. The van der Waals surface area contributed by atoms with Crippen molar-refractivity contribution in [1.29, 1.82) is 0 Å². The Balaban J connectivity index is 1.56. The molecule has 324 valence electrons. The summed E-state index contributed by atoms with van der Waals surface area (Å²) in [5.74, 6) is -3.68. The standard InChI is InChI=1S/C44H67BN6O8/c1-4-6-11-31-15-17-33(18-16-31)34-19-21-35(22-20-34)42(55)48-26-23-41(54)49-37(13-9-25-47)44(57)51-27-10-14-38(51)40(53)29-32(5-2)43(56)50-36(12-7-8-24-46)39(52)28-30(3)45(58)59/h15-22,30,32,36-38,58-59H,4-14,23-29,46-47H2,1-3H3,(H,48,55)(H,49,54)(H,50,56)/t30-,32-,36+,37+,38+/m1/s1. The van der Waals surface area contributed by atoms with E-state index in [1.165, 1.54) is 17.4 Å². The third-order valence-corrected chi connectivity index (χ3v) is 11.1. The topological polar surface area (TPSA) is 234 Å². The molecule has 0 bridgehead atoms.